The maximum Gasteiger partial charge on any atom is 0.171 e. The van der Waals surface area contributed by atoms with E-state index < -0.39 is 5.60 Å². The molecule has 0 aromatic heterocycles. The standard InChI is InChI=1S/C17H32N2O2/c1-16(2)14(15(20)17(3,4)21-16)12-19-9-7-13(8-10-19)11-18(5)6/h13-14H,7-12H2,1-6H3. The smallest absolute Gasteiger partial charge is 0.171 e. The molecular formula is C17H32N2O2. The Labute approximate surface area is 129 Å². The van der Waals surface area contributed by atoms with Crippen molar-refractivity contribution >= 4 is 5.78 Å². The number of Topliss-reactive ketones (excluding diaryl/α,β-unsaturated/α-hetero) is 1. The van der Waals surface area contributed by atoms with Crippen LogP contribution >= 0.6 is 0 Å². The second-order valence-electron chi connectivity index (χ2n) is 8.14. The first-order valence-electron chi connectivity index (χ1n) is 8.23. The second kappa shape index (κ2) is 5.98. The van der Waals surface area contributed by atoms with Gasteiger partial charge in [-0.3, -0.25) is 4.79 Å². The maximum atomic E-state index is 12.6. The molecule has 2 heterocycles. The van der Waals surface area contributed by atoms with E-state index in [1.807, 2.05) is 13.8 Å². The molecular weight excluding hydrogens is 264 g/mol. The third-order valence-corrected chi connectivity index (χ3v) is 5.04. The van der Waals surface area contributed by atoms with Crippen LogP contribution in [-0.2, 0) is 9.53 Å². The second-order valence-corrected chi connectivity index (χ2v) is 8.14. The minimum absolute atomic E-state index is 0.00195. The van der Waals surface area contributed by atoms with Crippen molar-refractivity contribution in [2.75, 3.05) is 40.3 Å². The number of nitrogens with zero attached hydrogens (tertiary/aromatic N) is 2. The van der Waals surface area contributed by atoms with Crippen molar-refractivity contribution in [1.29, 1.82) is 0 Å². The number of hydrogen-bond donors (Lipinski definition) is 0. The lowest BCUT2D eigenvalue weighted by atomic mass is 9.85. The zero-order chi connectivity index (χ0) is 15.8. The molecule has 0 aliphatic carbocycles. The highest BCUT2D eigenvalue weighted by Gasteiger charge is 2.53. The van der Waals surface area contributed by atoms with E-state index in [1.54, 1.807) is 0 Å². The zero-order valence-corrected chi connectivity index (χ0v) is 14.6. The molecule has 1 atom stereocenters. The van der Waals surface area contributed by atoms with Gasteiger partial charge in [0.1, 0.15) is 5.60 Å². The van der Waals surface area contributed by atoms with Crippen molar-refractivity contribution in [3.63, 3.8) is 0 Å². The van der Waals surface area contributed by atoms with E-state index in [1.165, 1.54) is 19.4 Å². The van der Waals surface area contributed by atoms with E-state index in [0.29, 0.717) is 0 Å². The fourth-order valence-electron chi connectivity index (χ4n) is 3.94. The molecule has 0 spiro atoms. The number of hydrogen-bond acceptors (Lipinski definition) is 4. The molecule has 122 valence electrons. The van der Waals surface area contributed by atoms with Gasteiger partial charge in [0.15, 0.2) is 5.78 Å². The van der Waals surface area contributed by atoms with Gasteiger partial charge in [0.2, 0.25) is 0 Å². The van der Waals surface area contributed by atoms with Crippen LogP contribution in [0, 0.1) is 11.8 Å². The molecule has 2 aliphatic rings. The Hall–Kier alpha value is -0.450. The normalized spacial score (nSPS) is 30.2. The number of carbonyl (C=O) groups excluding carboxylic acids is 1. The summed E-state index contributed by atoms with van der Waals surface area (Å²) in [6.45, 7) is 12.2. The van der Waals surface area contributed by atoms with Gasteiger partial charge in [-0.05, 0) is 73.6 Å². The van der Waals surface area contributed by atoms with Gasteiger partial charge in [-0.2, -0.15) is 0 Å². The highest BCUT2D eigenvalue weighted by atomic mass is 16.5. The summed E-state index contributed by atoms with van der Waals surface area (Å²) in [5.41, 5.74) is -0.974. The van der Waals surface area contributed by atoms with Crippen LogP contribution in [0.3, 0.4) is 0 Å². The number of ether oxygens (including phenoxy) is 1. The molecule has 0 bridgehead atoms. The van der Waals surface area contributed by atoms with E-state index in [0.717, 1.165) is 25.6 Å². The van der Waals surface area contributed by atoms with Crippen LogP contribution in [0.25, 0.3) is 0 Å². The molecule has 4 heteroatoms. The van der Waals surface area contributed by atoms with Gasteiger partial charge in [-0.15, -0.1) is 0 Å². The summed E-state index contributed by atoms with van der Waals surface area (Å²) in [6, 6.07) is 0. The Morgan fingerprint density at radius 3 is 2.19 bits per heavy atom. The van der Waals surface area contributed by atoms with E-state index in [2.05, 4.69) is 37.7 Å². The molecule has 21 heavy (non-hydrogen) atoms. The fourth-order valence-corrected chi connectivity index (χ4v) is 3.94. The fraction of sp³-hybridized carbons (Fsp3) is 0.941. The largest absolute Gasteiger partial charge is 0.361 e. The summed E-state index contributed by atoms with van der Waals surface area (Å²) >= 11 is 0. The first kappa shape index (κ1) is 16.9. The molecule has 0 aromatic carbocycles. The van der Waals surface area contributed by atoms with Crippen LogP contribution in [0.1, 0.15) is 40.5 Å². The van der Waals surface area contributed by atoms with Crippen molar-refractivity contribution in [3.05, 3.63) is 0 Å². The zero-order valence-electron chi connectivity index (χ0n) is 14.6. The Bertz CT molecular complexity index is 382. The van der Waals surface area contributed by atoms with Gasteiger partial charge >= 0.3 is 0 Å². The number of carbonyl (C=O) groups is 1. The molecule has 2 rings (SSSR count). The van der Waals surface area contributed by atoms with E-state index in [-0.39, 0.29) is 17.3 Å². The monoisotopic (exact) mass is 296 g/mol. The van der Waals surface area contributed by atoms with Gasteiger partial charge in [0.25, 0.3) is 0 Å². The van der Waals surface area contributed by atoms with Crippen molar-refractivity contribution in [1.82, 2.24) is 9.80 Å². The summed E-state index contributed by atoms with van der Waals surface area (Å²) in [5.74, 6) is 1.07. The Kier molecular flexibility index (Phi) is 4.81. The SMILES string of the molecule is CN(C)CC1CCN(CC2C(=O)C(C)(C)OC2(C)C)CC1. The molecule has 4 nitrogen and oxygen atoms in total. The lowest BCUT2D eigenvalue weighted by Gasteiger charge is -2.36. The van der Waals surface area contributed by atoms with Gasteiger partial charge in [0.05, 0.1) is 11.5 Å². The van der Waals surface area contributed by atoms with Crippen molar-refractivity contribution in [2.45, 2.75) is 51.7 Å². The third kappa shape index (κ3) is 3.85. The highest BCUT2D eigenvalue weighted by molar-refractivity contribution is 5.91. The summed E-state index contributed by atoms with van der Waals surface area (Å²) in [4.78, 5) is 17.3. The average Bonchev–Trinajstić information content (AvgIpc) is 2.49. The first-order valence-corrected chi connectivity index (χ1v) is 8.23. The topological polar surface area (TPSA) is 32.8 Å². The van der Waals surface area contributed by atoms with Crippen molar-refractivity contribution in [2.24, 2.45) is 11.8 Å². The van der Waals surface area contributed by atoms with Crippen molar-refractivity contribution in [3.8, 4) is 0 Å². The van der Waals surface area contributed by atoms with Gasteiger partial charge in [-0.25, -0.2) is 0 Å². The van der Waals surface area contributed by atoms with Crippen LogP contribution in [0.5, 0.6) is 0 Å². The van der Waals surface area contributed by atoms with Crippen LogP contribution in [0.2, 0.25) is 0 Å². The quantitative estimate of drug-likeness (QED) is 0.795. The predicted octanol–water partition coefficient (Wildman–Crippen LogP) is 2.03. The Morgan fingerprint density at radius 1 is 1.19 bits per heavy atom. The average molecular weight is 296 g/mol. The molecule has 2 aliphatic heterocycles. The third-order valence-electron chi connectivity index (χ3n) is 5.04. The number of rotatable bonds is 4. The van der Waals surface area contributed by atoms with Crippen LogP contribution in [0.15, 0.2) is 0 Å². The number of ketones is 1. The van der Waals surface area contributed by atoms with Crippen LogP contribution < -0.4 is 0 Å². The van der Waals surface area contributed by atoms with E-state index >= 15 is 0 Å². The lowest BCUT2D eigenvalue weighted by molar-refractivity contribution is -0.132. The molecule has 2 fully saturated rings. The summed E-state index contributed by atoms with van der Waals surface area (Å²) < 4.78 is 5.99. The molecule has 0 amide bonds. The maximum absolute atomic E-state index is 12.6. The summed E-state index contributed by atoms with van der Waals surface area (Å²) in [7, 11) is 4.29. The first-order chi connectivity index (χ1) is 9.62. The molecule has 0 N–H and O–H groups in total. The van der Waals surface area contributed by atoms with E-state index in [9.17, 15) is 4.79 Å². The minimum atomic E-state index is -0.628. The number of likely N-dealkylation sites (tertiary alicyclic amines) is 1. The predicted molar refractivity (Wildman–Crippen MR) is 85.5 cm³/mol. The van der Waals surface area contributed by atoms with Crippen molar-refractivity contribution < 1.29 is 9.53 Å². The molecule has 0 radical (unpaired) electrons. The molecule has 0 saturated carbocycles. The van der Waals surface area contributed by atoms with Gasteiger partial charge in [0, 0.05) is 13.1 Å². The molecule has 0 aromatic rings. The molecule has 1 unspecified atom stereocenters. The summed E-state index contributed by atoms with van der Waals surface area (Å²) in [6.07, 6.45) is 2.48. The van der Waals surface area contributed by atoms with Gasteiger partial charge in [-0.1, -0.05) is 0 Å². The highest BCUT2D eigenvalue weighted by Crippen LogP contribution is 2.39. The molecule has 2 saturated heterocycles. The summed E-state index contributed by atoms with van der Waals surface area (Å²) in [5, 5.41) is 0. The minimum Gasteiger partial charge on any atom is -0.361 e. The van der Waals surface area contributed by atoms with Crippen LogP contribution in [0.4, 0.5) is 0 Å². The Balaban J connectivity index is 1.90. The number of piperidine rings is 1. The van der Waals surface area contributed by atoms with E-state index in [4.69, 9.17) is 4.74 Å². The Morgan fingerprint density at radius 2 is 1.76 bits per heavy atom. The van der Waals surface area contributed by atoms with Crippen LogP contribution in [-0.4, -0.2) is 67.1 Å². The lowest BCUT2D eigenvalue weighted by Crippen LogP contribution is -2.45. The van der Waals surface area contributed by atoms with Gasteiger partial charge < -0.3 is 14.5 Å².